The number of para-hydroxylation sites is 1. The van der Waals surface area contributed by atoms with Gasteiger partial charge in [-0.05, 0) is 43.3 Å². The second-order valence-electron chi connectivity index (χ2n) is 5.52. The number of hydrogen-bond acceptors (Lipinski definition) is 5. The molecule has 0 radical (unpaired) electrons. The van der Waals surface area contributed by atoms with Crippen LogP contribution in [0.3, 0.4) is 0 Å². The summed E-state index contributed by atoms with van der Waals surface area (Å²) in [5.74, 6) is 0.329. The molecule has 0 fully saturated rings. The van der Waals surface area contributed by atoms with Crippen LogP contribution in [0.1, 0.15) is 17.3 Å². The number of nitrogens with one attached hydrogen (secondary N) is 2. The maximum absolute atomic E-state index is 12.5. The Bertz CT molecular complexity index is 756. The van der Waals surface area contributed by atoms with E-state index in [9.17, 15) is 9.59 Å². The molecule has 1 unspecified atom stereocenters. The van der Waals surface area contributed by atoms with E-state index in [1.807, 2.05) is 31.2 Å². The molecule has 1 atom stereocenters. The SMILES string of the molecule is COc1ccc(SC(C)C(=O)Nc2ccccc2C(=O)NCCN)cc1.Cl. The Labute approximate surface area is 169 Å². The van der Waals surface area contributed by atoms with Crippen LogP contribution in [0.2, 0.25) is 0 Å². The normalized spacial score (nSPS) is 11.1. The first-order valence-corrected chi connectivity index (χ1v) is 9.12. The summed E-state index contributed by atoms with van der Waals surface area (Å²) >= 11 is 1.43. The number of ether oxygens (including phenoxy) is 1. The molecule has 0 aliphatic carbocycles. The summed E-state index contributed by atoms with van der Waals surface area (Å²) < 4.78 is 5.13. The predicted octanol–water partition coefficient (Wildman–Crippen LogP) is 2.92. The van der Waals surface area contributed by atoms with Gasteiger partial charge >= 0.3 is 0 Å². The van der Waals surface area contributed by atoms with Crippen LogP contribution < -0.4 is 21.1 Å². The van der Waals surface area contributed by atoms with Crippen LogP contribution in [0.25, 0.3) is 0 Å². The number of methoxy groups -OCH3 is 1. The van der Waals surface area contributed by atoms with Gasteiger partial charge in [-0.15, -0.1) is 24.2 Å². The minimum Gasteiger partial charge on any atom is -0.497 e. The second kappa shape index (κ2) is 11.5. The zero-order valence-electron chi connectivity index (χ0n) is 15.2. The topological polar surface area (TPSA) is 93.4 Å². The van der Waals surface area contributed by atoms with Gasteiger partial charge in [-0.1, -0.05) is 12.1 Å². The van der Waals surface area contributed by atoms with Crippen molar-refractivity contribution in [1.29, 1.82) is 0 Å². The van der Waals surface area contributed by atoms with E-state index in [-0.39, 0.29) is 29.5 Å². The molecule has 0 aromatic heterocycles. The van der Waals surface area contributed by atoms with Crippen molar-refractivity contribution >= 4 is 41.7 Å². The van der Waals surface area contributed by atoms with Gasteiger partial charge in [0.15, 0.2) is 0 Å². The van der Waals surface area contributed by atoms with Crippen molar-refractivity contribution < 1.29 is 14.3 Å². The molecule has 0 aliphatic rings. The van der Waals surface area contributed by atoms with Crippen molar-refractivity contribution in [2.24, 2.45) is 5.73 Å². The van der Waals surface area contributed by atoms with E-state index in [0.29, 0.717) is 24.3 Å². The van der Waals surface area contributed by atoms with E-state index in [1.54, 1.807) is 31.4 Å². The van der Waals surface area contributed by atoms with E-state index in [1.165, 1.54) is 11.8 Å². The van der Waals surface area contributed by atoms with Crippen molar-refractivity contribution in [3.63, 3.8) is 0 Å². The van der Waals surface area contributed by atoms with E-state index >= 15 is 0 Å². The molecule has 0 heterocycles. The van der Waals surface area contributed by atoms with Gasteiger partial charge in [0.2, 0.25) is 5.91 Å². The van der Waals surface area contributed by atoms with Crippen LogP contribution in [0.5, 0.6) is 5.75 Å². The molecule has 146 valence electrons. The lowest BCUT2D eigenvalue weighted by Crippen LogP contribution is -2.30. The van der Waals surface area contributed by atoms with Gasteiger partial charge in [0.1, 0.15) is 5.75 Å². The maximum Gasteiger partial charge on any atom is 0.253 e. The molecule has 0 aliphatic heterocycles. The van der Waals surface area contributed by atoms with Gasteiger partial charge in [-0.25, -0.2) is 0 Å². The van der Waals surface area contributed by atoms with Crippen molar-refractivity contribution in [3.8, 4) is 5.75 Å². The number of halogens is 1. The van der Waals surface area contributed by atoms with Crippen LogP contribution >= 0.6 is 24.2 Å². The number of amides is 2. The summed E-state index contributed by atoms with van der Waals surface area (Å²) in [6.07, 6.45) is 0. The maximum atomic E-state index is 12.5. The molecule has 2 rings (SSSR count). The minimum atomic E-state index is -0.330. The predicted molar refractivity (Wildman–Crippen MR) is 112 cm³/mol. The standard InChI is InChI=1S/C19H23N3O3S.ClH/c1-13(26-15-9-7-14(25-2)8-10-15)18(23)22-17-6-4-3-5-16(17)19(24)21-12-11-20;/h3-10,13H,11-12,20H2,1-2H3,(H,21,24)(H,22,23);1H. The molecular weight excluding hydrogens is 386 g/mol. The monoisotopic (exact) mass is 409 g/mol. The minimum absolute atomic E-state index is 0. The van der Waals surface area contributed by atoms with Gasteiger partial charge in [0.05, 0.1) is 23.6 Å². The first kappa shape index (κ1) is 22.8. The summed E-state index contributed by atoms with van der Waals surface area (Å²) in [5.41, 5.74) is 6.30. The molecule has 0 spiro atoms. The number of anilines is 1. The van der Waals surface area contributed by atoms with E-state index in [4.69, 9.17) is 10.5 Å². The van der Waals surface area contributed by atoms with Gasteiger partial charge in [0.25, 0.3) is 5.91 Å². The average molecular weight is 410 g/mol. The van der Waals surface area contributed by atoms with Crippen LogP contribution in [-0.2, 0) is 4.79 Å². The number of benzene rings is 2. The van der Waals surface area contributed by atoms with Crippen molar-refractivity contribution in [3.05, 3.63) is 54.1 Å². The Morgan fingerprint density at radius 1 is 1.15 bits per heavy atom. The molecule has 0 saturated carbocycles. The number of thioether (sulfide) groups is 1. The highest BCUT2D eigenvalue weighted by Gasteiger charge is 2.18. The van der Waals surface area contributed by atoms with Crippen LogP contribution in [0.4, 0.5) is 5.69 Å². The third-order valence-electron chi connectivity index (χ3n) is 3.60. The van der Waals surface area contributed by atoms with Crippen molar-refractivity contribution in [2.45, 2.75) is 17.1 Å². The van der Waals surface area contributed by atoms with Gasteiger partial charge in [0, 0.05) is 18.0 Å². The molecular formula is C19H24ClN3O3S. The summed E-state index contributed by atoms with van der Waals surface area (Å²) in [6.45, 7) is 2.56. The number of carbonyl (C=O) groups is 2. The van der Waals surface area contributed by atoms with Crippen molar-refractivity contribution in [2.75, 3.05) is 25.5 Å². The lowest BCUT2D eigenvalue weighted by Gasteiger charge is -2.15. The molecule has 6 nitrogen and oxygen atoms in total. The second-order valence-corrected chi connectivity index (χ2v) is 6.93. The zero-order chi connectivity index (χ0) is 18.9. The molecule has 2 aromatic carbocycles. The molecule has 0 saturated heterocycles. The van der Waals surface area contributed by atoms with Gasteiger partial charge in [-0.3, -0.25) is 9.59 Å². The smallest absolute Gasteiger partial charge is 0.253 e. The third kappa shape index (κ3) is 6.78. The molecule has 27 heavy (non-hydrogen) atoms. The fraction of sp³-hybridized carbons (Fsp3) is 0.263. The first-order chi connectivity index (χ1) is 12.5. The number of nitrogens with two attached hydrogens (primary N) is 1. The summed E-state index contributed by atoms with van der Waals surface area (Å²) in [6, 6.07) is 14.4. The Balaban J connectivity index is 0.00000364. The lowest BCUT2D eigenvalue weighted by molar-refractivity contribution is -0.115. The Hall–Kier alpha value is -2.22. The Morgan fingerprint density at radius 2 is 1.81 bits per heavy atom. The van der Waals surface area contributed by atoms with Crippen LogP contribution in [0.15, 0.2) is 53.4 Å². The highest BCUT2D eigenvalue weighted by atomic mass is 35.5. The average Bonchev–Trinajstić information content (AvgIpc) is 2.67. The van der Waals surface area contributed by atoms with E-state index in [0.717, 1.165) is 10.6 Å². The Morgan fingerprint density at radius 3 is 2.44 bits per heavy atom. The molecule has 2 amide bonds. The van der Waals surface area contributed by atoms with E-state index in [2.05, 4.69) is 10.6 Å². The molecule has 4 N–H and O–H groups in total. The number of carbonyl (C=O) groups excluding carboxylic acids is 2. The molecule has 0 bridgehead atoms. The van der Waals surface area contributed by atoms with Gasteiger partial charge < -0.3 is 21.1 Å². The van der Waals surface area contributed by atoms with E-state index < -0.39 is 0 Å². The van der Waals surface area contributed by atoms with Gasteiger partial charge in [-0.2, -0.15) is 0 Å². The Kier molecular flexibility index (Phi) is 9.71. The summed E-state index contributed by atoms with van der Waals surface area (Å²) in [7, 11) is 1.61. The number of hydrogen-bond donors (Lipinski definition) is 3. The summed E-state index contributed by atoms with van der Waals surface area (Å²) in [4.78, 5) is 25.7. The quantitative estimate of drug-likeness (QED) is 0.583. The summed E-state index contributed by atoms with van der Waals surface area (Å²) in [5, 5.41) is 5.21. The molecule has 2 aromatic rings. The van der Waals surface area contributed by atoms with Crippen molar-refractivity contribution in [1.82, 2.24) is 5.32 Å². The zero-order valence-corrected chi connectivity index (χ0v) is 16.9. The van der Waals surface area contributed by atoms with Crippen LogP contribution in [-0.4, -0.2) is 37.3 Å². The highest BCUT2D eigenvalue weighted by Crippen LogP contribution is 2.26. The molecule has 8 heteroatoms. The highest BCUT2D eigenvalue weighted by molar-refractivity contribution is 8.00. The lowest BCUT2D eigenvalue weighted by atomic mass is 10.1. The van der Waals surface area contributed by atoms with Crippen LogP contribution in [0, 0.1) is 0 Å². The fourth-order valence-corrected chi connectivity index (χ4v) is 3.08. The number of rotatable bonds is 8. The fourth-order valence-electron chi connectivity index (χ4n) is 2.22. The largest absolute Gasteiger partial charge is 0.497 e. The third-order valence-corrected chi connectivity index (χ3v) is 4.71. The first-order valence-electron chi connectivity index (χ1n) is 8.24.